The highest BCUT2D eigenvalue weighted by molar-refractivity contribution is 6.02. The molecule has 4 nitrogen and oxygen atoms in total. The molecule has 4 heteroatoms. The highest BCUT2D eigenvalue weighted by Crippen LogP contribution is 2.21. The predicted molar refractivity (Wildman–Crippen MR) is 92.3 cm³/mol. The Kier molecular flexibility index (Phi) is 4.52. The van der Waals surface area contributed by atoms with E-state index in [1.807, 2.05) is 48.7 Å². The van der Waals surface area contributed by atoms with Crippen LogP contribution in [0.4, 0.5) is 5.69 Å². The molecule has 0 fully saturated rings. The highest BCUT2D eigenvalue weighted by Gasteiger charge is 2.09. The number of nitrogens with one attached hydrogen (secondary N) is 1. The van der Waals surface area contributed by atoms with Gasteiger partial charge in [0, 0.05) is 18.4 Å². The van der Waals surface area contributed by atoms with Gasteiger partial charge in [-0.2, -0.15) is 5.10 Å². The first-order valence-corrected chi connectivity index (χ1v) is 7.76. The van der Waals surface area contributed by atoms with E-state index in [2.05, 4.69) is 29.5 Å². The quantitative estimate of drug-likeness (QED) is 0.767. The van der Waals surface area contributed by atoms with E-state index >= 15 is 0 Å². The van der Waals surface area contributed by atoms with E-state index in [9.17, 15) is 4.79 Å². The first-order valence-electron chi connectivity index (χ1n) is 7.76. The minimum Gasteiger partial charge on any atom is -0.321 e. The van der Waals surface area contributed by atoms with Gasteiger partial charge in [0.15, 0.2) is 5.69 Å². The van der Waals surface area contributed by atoms with Gasteiger partial charge >= 0.3 is 0 Å². The van der Waals surface area contributed by atoms with Crippen LogP contribution >= 0.6 is 0 Å². The van der Waals surface area contributed by atoms with Crippen molar-refractivity contribution < 1.29 is 4.79 Å². The average molecular weight is 305 g/mol. The molecule has 0 atom stereocenters. The molecular formula is C19H19N3O. The summed E-state index contributed by atoms with van der Waals surface area (Å²) in [5, 5.41) is 7.14. The summed E-state index contributed by atoms with van der Waals surface area (Å²) in [5.74, 6) is -0.188. The summed E-state index contributed by atoms with van der Waals surface area (Å²) < 4.78 is 1.79. The van der Waals surface area contributed by atoms with Crippen LogP contribution in [0.5, 0.6) is 0 Å². The number of anilines is 1. The molecular weight excluding hydrogens is 286 g/mol. The fourth-order valence-electron chi connectivity index (χ4n) is 2.41. The number of rotatable bonds is 5. The van der Waals surface area contributed by atoms with Crippen LogP contribution in [0.2, 0.25) is 0 Å². The number of aryl methyl sites for hydroxylation is 1. The smallest absolute Gasteiger partial charge is 0.276 e. The van der Waals surface area contributed by atoms with Crippen molar-refractivity contribution in [1.29, 1.82) is 0 Å². The number of benzene rings is 2. The van der Waals surface area contributed by atoms with E-state index in [4.69, 9.17) is 0 Å². The zero-order valence-electron chi connectivity index (χ0n) is 13.1. The second-order valence-corrected chi connectivity index (χ2v) is 5.36. The van der Waals surface area contributed by atoms with Gasteiger partial charge in [-0.25, -0.2) is 0 Å². The predicted octanol–water partition coefficient (Wildman–Crippen LogP) is 4.21. The third kappa shape index (κ3) is 3.66. The number of aromatic nitrogens is 2. The van der Waals surface area contributed by atoms with Gasteiger partial charge in [0.05, 0.1) is 0 Å². The van der Waals surface area contributed by atoms with Crippen molar-refractivity contribution in [3.8, 4) is 11.1 Å². The van der Waals surface area contributed by atoms with Crippen molar-refractivity contribution >= 4 is 11.6 Å². The first-order chi connectivity index (χ1) is 11.3. The number of carbonyl (C=O) groups excluding carboxylic acids is 1. The van der Waals surface area contributed by atoms with Gasteiger partial charge in [-0.05, 0) is 35.7 Å². The van der Waals surface area contributed by atoms with E-state index in [1.165, 1.54) is 0 Å². The molecule has 3 rings (SSSR count). The molecule has 0 unspecified atom stereocenters. The summed E-state index contributed by atoms with van der Waals surface area (Å²) in [4.78, 5) is 12.2. The fourth-order valence-corrected chi connectivity index (χ4v) is 2.41. The molecule has 23 heavy (non-hydrogen) atoms. The van der Waals surface area contributed by atoms with Crippen LogP contribution in [-0.2, 0) is 6.54 Å². The third-order valence-electron chi connectivity index (χ3n) is 3.58. The number of carbonyl (C=O) groups is 1. The molecule has 0 aliphatic rings. The first kappa shape index (κ1) is 15.0. The Morgan fingerprint density at radius 2 is 1.70 bits per heavy atom. The number of hydrogen-bond donors (Lipinski definition) is 1. The molecule has 116 valence electrons. The topological polar surface area (TPSA) is 46.9 Å². The zero-order valence-corrected chi connectivity index (χ0v) is 13.1. The molecule has 1 heterocycles. The Hall–Kier alpha value is -2.88. The lowest BCUT2D eigenvalue weighted by molar-refractivity contribution is 0.102. The molecule has 1 aromatic heterocycles. The minimum atomic E-state index is -0.188. The van der Waals surface area contributed by atoms with Crippen molar-refractivity contribution in [2.24, 2.45) is 0 Å². The summed E-state index contributed by atoms with van der Waals surface area (Å²) in [6.07, 6.45) is 2.82. The minimum absolute atomic E-state index is 0.188. The molecule has 0 saturated heterocycles. The van der Waals surface area contributed by atoms with E-state index in [0.717, 1.165) is 29.8 Å². The molecule has 3 aromatic rings. The van der Waals surface area contributed by atoms with Crippen molar-refractivity contribution in [2.75, 3.05) is 5.32 Å². The lowest BCUT2D eigenvalue weighted by Crippen LogP contribution is -2.13. The second-order valence-electron chi connectivity index (χ2n) is 5.36. The van der Waals surface area contributed by atoms with Crippen LogP contribution in [0.1, 0.15) is 23.8 Å². The molecule has 0 aliphatic heterocycles. The lowest BCUT2D eigenvalue weighted by atomic mass is 10.1. The Labute approximate surface area is 135 Å². The van der Waals surface area contributed by atoms with E-state index in [1.54, 1.807) is 10.7 Å². The Morgan fingerprint density at radius 1 is 1.00 bits per heavy atom. The van der Waals surface area contributed by atoms with Gasteiger partial charge in [-0.15, -0.1) is 0 Å². The Bertz CT molecular complexity index is 776. The molecule has 0 radical (unpaired) electrons. The summed E-state index contributed by atoms with van der Waals surface area (Å²) in [6.45, 7) is 2.90. The third-order valence-corrected chi connectivity index (χ3v) is 3.58. The molecule has 1 amide bonds. The lowest BCUT2D eigenvalue weighted by Gasteiger charge is -2.06. The Morgan fingerprint density at radius 3 is 2.39 bits per heavy atom. The number of nitrogens with zero attached hydrogens (tertiary/aromatic N) is 2. The maximum Gasteiger partial charge on any atom is 0.276 e. The van der Waals surface area contributed by atoms with Crippen LogP contribution in [0.3, 0.4) is 0 Å². The SMILES string of the molecule is CCCn1ccc(C(=O)Nc2ccc(-c3ccccc3)cc2)n1. The summed E-state index contributed by atoms with van der Waals surface area (Å²) in [6, 6.07) is 19.7. The second kappa shape index (κ2) is 6.92. The van der Waals surface area contributed by atoms with Gasteiger partial charge in [-0.1, -0.05) is 49.4 Å². The number of hydrogen-bond acceptors (Lipinski definition) is 2. The maximum atomic E-state index is 12.2. The molecule has 0 saturated carbocycles. The summed E-state index contributed by atoms with van der Waals surface area (Å²) in [7, 11) is 0. The Balaban J connectivity index is 1.69. The monoisotopic (exact) mass is 305 g/mol. The van der Waals surface area contributed by atoms with Gasteiger partial charge in [-0.3, -0.25) is 9.48 Å². The molecule has 0 bridgehead atoms. The normalized spacial score (nSPS) is 10.5. The van der Waals surface area contributed by atoms with Crippen molar-refractivity contribution in [3.63, 3.8) is 0 Å². The van der Waals surface area contributed by atoms with Crippen molar-refractivity contribution in [3.05, 3.63) is 72.6 Å². The van der Waals surface area contributed by atoms with Crippen LogP contribution in [-0.4, -0.2) is 15.7 Å². The zero-order chi connectivity index (χ0) is 16.1. The van der Waals surface area contributed by atoms with Crippen LogP contribution in [0.15, 0.2) is 66.9 Å². The van der Waals surface area contributed by atoms with E-state index in [0.29, 0.717) is 5.69 Å². The fraction of sp³-hybridized carbons (Fsp3) is 0.158. The molecule has 1 N–H and O–H groups in total. The highest BCUT2D eigenvalue weighted by atomic mass is 16.1. The van der Waals surface area contributed by atoms with Gasteiger partial charge in [0.2, 0.25) is 0 Å². The summed E-state index contributed by atoms with van der Waals surface area (Å²) in [5.41, 5.74) is 3.48. The standard InChI is InChI=1S/C19H19N3O/c1-2-13-22-14-12-18(21-22)19(23)20-17-10-8-16(9-11-17)15-6-4-3-5-7-15/h3-12,14H,2,13H2,1H3,(H,20,23). The average Bonchev–Trinajstić information content (AvgIpc) is 3.06. The van der Waals surface area contributed by atoms with Gasteiger partial charge < -0.3 is 5.32 Å². The maximum absolute atomic E-state index is 12.2. The van der Waals surface area contributed by atoms with Crippen molar-refractivity contribution in [1.82, 2.24) is 9.78 Å². The van der Waals surface area contributed by atoms with E-state index < -0.39 is 0 Å². The number of amides is 1. The van der Waals surface area contributed by atoms with Gasteiger partial charge in [0.1, 0.15) is 0 Å². The van der Waals surface area contributed by atoms with E-state index in [-0.39, 0.29) is 5.91 Å². The van der Waals surface area contributed by atoms with Crippen LogP contribution in [0, 0.1) is 0 Å². The largest absolute Gasteiger partial charge is 0.321 e. The molecule has 0 spiro atoms. The molecule has 0 aliphatic carbocycles. The van der Waals surface area contributed by atoms with Crippen molar-refractivity contribution in [2.45, 2.75) is 19.9 Å². The van der Waals surface area contributed by atoms with Crippen LogP contribution < -0.4 is 5.32 Å². The molecule has 2 aromatic carbocycles. The van der Waals surface area contributed by atoms with Crippen LogP contribution in [0.25, 0.3) is 11.1 Å². The van der Waals surface area contributed by atoms with Gasteiger partial charge in [0.25, 0.3) is 5.91 Å². The summed E-state index contributed by atoms with van der Waals surface area (Å²) >= 11 is 0.